The molecule has 0 radical (unpaired) electrons. The van der Waals surface area contributed by atoms with Crippen molar-refractivity contribution in [2.24, 2.45) is 5.92 Å². The highest BCUT2D eigenvalue weighted by Crippen LogP contribution is 2.35. The van der Waals surface area contributed by atoms with Crippen LogP contribution in [0.15, 0.2) is 42.5 Å². The van der Waals surface area contributed by atoms with Gasteiger partial charge in [0.1, 0.15) is 5.75 Å². The molecule has 0 bridgehead atoms. The van der Waals surface area contributed by atoms with Gasteiger partial charge in [0.2, 0.25) is 0 Å². The zero-order valence-corrected chi connectivity index (χ0v) is 21.6. The minimum Gasteiger partial charge on any atom is -0.493 e. The third-order valence-electron chi connectivity index (χ3n) is 7.78. The molecule has 1 amide bonds. The highest BCUT2D eigenvalue weighted by atomic mass is 16.5. The Bertz CT molecular complexity index is 1010. The largest absolute Gasteiger partial charge is 0.493 e. The van der Waals surface area contributed by atoms with E-state index in [0.29, 0.717) is 24.9 Å². The molecule has 2 aromatic carbocycles. The SMILES string of the molecule is CCCN1CC[C@H](COc2ccc3c(c2)C(=O)CC3)[C@@H](c2ccc(C(=O)N(CC)CC)cc2)CC1. The number of aryl methyl sites for hydroxylation is 1. The predicted octanol–water partition coefficient (Wildman–Crippen LogP) is 5.58. The number of ether oxygens (including phenoxy) is 1. The van der Waals surface area contributed by atoms with Crippen molar-refractivity contribution in [2.75, 3.05) is 39.3 Å². The molecule has 0 unspecified atom stereocenters. The average molecular weight is 477 g/mol. The van der Waals surface area contributed by atoms with Gasteiger partial charge in [-0.3, -0.25) is 9.59 Å². The lowest BCUT2D eigenvalue weighted by Crippen LogP contribution is -2.30. The fourth-order valence-electron chi connectivity index (χ4n) is 5.67. The molecule has 2 aromatic rings. The van der Waals surface area contributed by atoms with E-state index in [-0.39, 0.29) is 11.7 Å². The molecule has 35 heavy (non-hydrogen) atoms. The molecule has 0 saturated carbocycles. The van der Waals surface area contributed by atoms with E-state index >= 15 is 0 Å². The van der Waals surface area contributed by atoms with Crippen LogP contribution in [-0.4, -0.2) is 60.8 Å². The van der Waals surface area contributed by atoms with Gasteiger partial charge in [-0.2, -0.15) is 0 Å². The number of hydrogen-bond acceptors (Lipinski definition) is 4. The Morgan fingerprint density at radius 1 is 1.00 bits per heavy atom. The summed E-state index contributed by atoms with van der Waals surface area (Å²) >= 11 is 0. The van der Waals surface area contributed by atoms with E-state index in [0.717, 1.165) is 80.8 Å². The Morgan fingerprint density at radius 2 is 1.74 bits per heavy atom. The van der Waals surface area contributed by atoms with Gasteiger partial charge < -0.3 is 14.5 Å². The quantitative estimate of drug-likeness (QED) is 0.474. The molecule has 188 valence electrons. The molecule has 4 rings (SSSR count). The minimum atomic E-state index is 0.0996. The van der Waals surface area contributed by atoms with E-state index in [1.165, 1.54) is 5.56 Å². The predicted molar refractivity (Wildman–Crippen MR) is 140 cm³/mol. The van der Waals surface area contributed by atoms with E-state index in [9.17, 15) is 9.59 Å². The smallest absolute Gasteiger partial charge is 0.253 e. The molecule has 5 nitrogen and oxygen atoms in total. The summed E-state index contributed by atoms with van der Waals surface area (Å²) in [6, 6.07) is 14.3. The van der Waals surface area contributed by atoms with Gasteiger partial charge in [-0.15, -0.1) is 0 Å². The first kappa shape index (κ1) is 25.4. The van der Waals surface area contributed by atoms with Crippen LogP contribution in [0.25, 0.3) is 0 Å². The molecule has 1 heterocycles. The molecule has 2 atom stereocenters. The van der Waals surface area contributed by atoms with Crippen molar-refractivity contribution in [1.82, 2.24) is 9.80 Å². The lowest BCUT2D eigenvalue weighted by atomic mass is 9.82. The molecule has 0 N–H and O–H groups in total. The zero-order valence-electron chi connectivity index (χ0n) is 21.6. The highest BCUT2D eigenvalue weighted by molar-refractivity contribution is 6.00. The third kappa shape index (κ3) is 5.95. The minimum absolute atomic E-state index is 0.0996. The topological polar surface area (TPSA) is 49.9 Å². The van der Waals surface area contributed by atoms with Gasteiger partial charge in [0.15, 0.2) is 5.78 Å². The van der Waals surface area contributed by atoms with Crippen LogP contribution >= 0.6 is 0 Å². The van der Waals surface area contributed by atoms with Gasteiger partial charge in [0, 0.05) is 36.6 Å². The first-order valence-electron chi connectivity index (χ1n) is 13.4. The number of ketones is 1. The number of amides is 1. The second-order valence-corrected chi connectivity index (χ2v) is 9.94. The maximum atomic E-state index is 12.8. The van der Waals surface area contributed by atoms with Crippen LogP contribution in [-0.2, 0) is 6.42 Å². The summed E-state index contributed by atoms with van der Waals surface area (Å²) in [5.41, 5.74) is 4.03. The van der Waals surface area contributed by atoms with Gasteiger partial charge in [0.05, 0.1) is 6.61 Å². The number of nitrogens with zero attached hydrogens (tertiary/aromatic N) is 2. The maximum Gasteiger partial charge on any atom is 0.253 e. The van der Waals surface area contributed by atoms with E-state index in [1.807, 2.05) is 43.0 Å². The number of hydrogen-bond donors (Lipinski definition) is 0. The number of Topliss-reactive ketones (excluding diaryl/α,β-unsaturated/α-hetero) is 1. The van der Waals surface area contributed by atoms with E-state index in [2.05, 4.69) is 30.0 Å². The van der Waals surface area contributed by atoms with E-state index < -0.39 is 0 Å². The molecule has 2 aliphatic rings. The van der Waals surface area contributed by atoms with Crippen molar-refractivity contribution in [2.45, 2.75) is 58.8 Å². The third-order valence-corrected chi connectivity index (χ3v) is 7.78. The summed E-state index contributed by atoms with van der Waals surface area (Å²) in [5.74, 6) is 1.89. The summed E-state index contributed by atoms with van der Waals surface area (Å²) in [6.07, 6.45) is 4.79. The lowest BCUT2D eigenvalue weighted by Gasteiger charge is -2.26. The van der Waals surface area contributed by atoms with Crippen molar-refractivity contribution < 1.29 is 14.3 Å². The van der Waals surface area contributed by atoms with Gasteiger partial charge in [-0.25, -0.2) is 0 Å². The second-order valence-electron chi connectivity index (χ2n) is 9.94. The van der Waals surface area contributed by atoms with E-state index in [4.69, 9.17) is 4.74 Å². The molecule has 5 heteroatoms. The standard InChI is InChI=1S/C30H40N2O3/c1-4-17-31-18-15-25(21-35-26-13-11-23-12-14-29(33)28(23)20-26)27(16-19-31)22-7-9-24(10-8-22)30(34)32(5-2)6-3/h7-11,13,20,25,27H,4-6,12,14-19,21H2,1-3H3/t25-,27-/m1/s1. The van der Waals surface area contributed by atoms with Crippen molar-refractivity contribution >= 4 is 11.7 Å². The summed E-state index contributed by atoms with van der Waals surface area (Å²) in [5, 5.41) is 0. The number of carbonyl (C=O) groups is 2. The zero-order chi connectivity index (χ0) is 24.8. The van der Waals surface area contributed by atoms with Crippen LogP contribution in [0.3, 0.4) is 0 Å². The van der Waals surface area contributed by atoms with E-state index in [1.54, 1.807) is 0 Å². The number of carbonyl (C=O) groups excluding carboxylic acids is 2. The number of fused-ring (bicyclic) bond motifs is 1. The molecule has 1 aliphatic heterocycles. The summed E-state index contributed by atoms with van der Waals surface area (Å²) in [4.78, 5) is 29.4. The van der Waals surface area contributed by atoms with Crippen LogP contribution in [0.2, 0.25) is 0 Å². The summed E-state index contributed by atoms with van der Waals surface area (Å²) in [7, 11) is 0. The number of likely N-dealkylation sites (tertiary alicyclic amines) is 1. The van der Waals surface area contributed by atoms with Gasteiger partial charge in [-0.1, -0.05) is 25.1 Å². The molecule has 1 fully saturated rings. The van der Waals surface area contributed by atoms with Crippen LogP contribution in [0.1, 0.15) is 84.2 Å². The summed E-state index contributed by atoms with van der Waals surface area (Å²) in [6.45, 7) is 11.7. The van der Waals surface area contributed by atoms with Crippen molar-refractivity contribution in [3.8, 4) is 5.75 Å². The fraction of sp³-hybridized carbons (Fsp3) is 0.533. The Morgan fingerprint density at radius 3 is 2.46 bits per heavy atom. The van der Waals surface area contributed by atoms with Crippen LogP contribution in [0.5, 0.6) is 5.75 Å². The highest BCUT2D eigenvalue weighted by Gasteiger charge is 2.29. The normalized spacial score (nSPS) is 20.4. The molecule has 1 aliphatic carbocycles. The Balaban J connectivity index is 1.50. The number of benzene rings is 2. The van der Waals surface area contributed by atoms with Crippen LogP contribution < -0.4 is 4.74 Å². The first-order valence-corrected chi connectivity index (χ1v) is 13.4. The Labute approximate surface area is 210 Å². The van der Waals surface area contributed by atoms with Crippen LogP contribution in [0, 0.1) is 5.92 Å². The maximum absolute atomic E-state index is 12.8. The molecule has 0 spiro atoms. The second kappa shape index (κ2) is 11.9. The molecular formula is C30H40N2O3. The van der Waals surface area contributed by atoms with Gasteiger partial charge >= 0.3 is 0 Å². The van der Waals surface area contributed by atoms with Gasteiger partial charge in [0.25, 0.3) is 5.91 Å². The molecule has 1 saturated heterocycles. The Hall–Kier alpha value is -2.66. The number of rotatable bonds is 9. The molecule has 0 aromatic heterocycles. The van der Waals surface area contributed by atoms with Crippen LogP contribution in [0.4, 0.5) is 0 Å². The average Bonchev–Trinajstić information content (AvgIpc) is 3.13. The lowest BCUT2D eigenvalue weighted by molar-refractivity contribution is 0.0772. The van der Waals surface area contributed by atoms with Crippen molar-refractivity contribution in [1.29, 1.82) is 0 Å². The summed E-state index contributed by atoms with van der Waals surface area (Å²) < 4.78 is 6.31. The van der Waals surface area contributed by atoms with Crippen molar-refractivity contribution in [3.63, 3.8) is 0 Å². The Kier molecular flexibility index (Phi) is 8.61. The van der Waals surface area contributed by atoms with Crippen molar-refractivity contribution in [3.05, 3.63) is 64.7 Å². The first-order chi connectivity index (χ1) is 17.0. The van der Waals surface area contributed by atoms with Gasteiger partial charge in [-0.05, 0) is 100 Å². The molecular weight excluding hydrogens is 436 g/mol. The monoisotopic (exact) mass is 476 g/mol. The fourth-order valence-corrected chi connectivity index (χ4v) is 5.67.